The molecule has 0 aromatic heterocycles. The lowest BCUT2D eigenvalue weighted by Gasteiger charge is -2.28. The first-order valence-corrected chi connectivity index (χ1v) is 24.6. The molecule has 8 heteroatoms. The number of carbonyl (C=O) groups excluding carboxylic acids is 1. The van der Waals surface area contributed by atoms with E-state index in [2.05, 4.69) is 206 Å². The number of para-hydroxylation sites is 6. The second-order valence-corrected chi connectivity index (χ2v) is 17.5. The van der Waals surface area contributed by atoms with Crippen molar-refractivity contribution in [3.63, 3.8) is 0 Å². The fraction of sp³-hybridized carbons (Fsp3) is 0.0758. The molecule has 0 unspecified atom stereocenters. The zero-order valence-corrected chi connectivity index (χ0v) is 41.2. The molecular formula is C66H61BrN4O3. The van der Waals surface area contributed by atoms with Crippen LogP contribution in [0.25, 0.3) is 0 Å². The summed E-state index contributed by atoms with van der Waals surface area (Å²) in [4.78, 5) is 17.8. The molecule has 1 aliphatic heterocycles. The lowest BCUT2D eigenvalue weighted by atomic mass is 10.1. The Balaban J connectivity index is 0.000000176. The fourth-order valence-corrected chi connectivity index (χ4v) is 8.50. The van der Waals surface area contributed by atoms with Crippen LogP contribution in [0.3, 0.4) is 0 Å². The summed E-state index contributed by atoms with van der Waals surface area (Å²) in [6.07, 6.45) is 0.714. The summed E-state index contributed by atoms with van der Waals surface area (Å²) in [5, 5.41) is 3.43. The van der Waals surface area contributed by atoms with Gasteiger partial charge in [0.15, 0.2) is 6.29 Å². The molecule has 10 aromatic rings. The highest BCUT2D eigenvalue weighted by Gasteiger charge is 2.18. The van der Waals surface area contributed by atoms with Crippen LogP contribution in [-0.2, 0) is 9.47 Å². The maximum Gasteiger partial charge on any atom is 0.184 e. The van der Waals surface area contributed by atoms with E-state index >= 15 is 0 Å². The first-order valence-electron chi connectivity index (χ1n) is 23.8. The van der Waals surface area contributed by atoms with Gasteiger partial charge in [0, 0.05) is 78.2 Å². The van der Waals surface area contributed by atoms with Gasteiger partial charge in [-0.15, -0.1) is 0 Å². The van der Waals surface area contributed by atoms with E-state index in [9.17, 15) is 4.79 Å². The molecule has 0 saturated carbocycles. The van der Waals surface area contributed by atoms with Crippen molar-refractivity contribution in [1.29, 1.82) is 0 Å². The van der Waals surface area contributed by atoms with Crippen LogP contribution in [0.1, 0.15) is 37.1 Å². The molecule has 1 fully saturated rings. The molecule has 11 rings (SSSR count). The van der Waals surface area contributed by atoms with Gasteiger partial charge in [0.05, 0.1) is 13.2 Å². The van der Waals surface area contributed by atoms with Gasteiger partial charge in [0.25, 0.3) is 0 Å². The zero-order chi connectivity index (χ0) is 49.2. The van der Waals surface area contributed by atoms with Gasteiger partial charge in [0.2, 0.25) is 0 Å². The Morgan fingerprint density at radius 2 is 0.622 bits per heavy atom. The number of aldehydes is 1. The van der Waals surface area contributed by atoms with Gasteiger partial charge in [-0.05, 0) is 158 Å². The molecule has 0 radical (unpaired) electrons. The molecule has 370 valence electrons. The van der Waals surface area contributed by atoms with Crippen LogP contribution < -0.4 is 20.0 Å². The maximum absolute atomic E-state index is 11.1. The highest BCUT2D eigenvalue weighted by molar-refractivity contribution is 9.10. The number of benzene rings is 10. The fourth-order valence-electron chi connectivity index (χ4n) is 8.23. The monoisotopic (exact) mass is 1040 g/mol. The summed E-state index contributed by atoms with van der Waals surface area (Å²) in [6, 6.07) is 94.8. The normalized spacial score (nSPS) is 11.4. The number of hydrogen-bond donors (Lipinski definition) is 1. The van der Waals surface area contributed by atoms with Crippen molar-refractivity contribution in [1.82, 2.24) is 0 Å². The first kappa shape index (κ1) is 53.3. The minimum absolute atomic E-state index is 0. The summed E-state index contributed by atoms with van der Waals surface area (Å²) in [6.45, 7) is 1.39. The Morgan fingerprint density at radius 3 is 0.946 bits per heavy atom. The molecular weight excluding hydrogens is 977 g/mol. The highest BCUT2D eigenvalue weighted by Crippen LogP contribution is 2.39. The summed E-state index contributed by atoms with van der Waals surface area (Å²) in [7, 11) is 0. The van der Waals surface area contributed by atoms with Gasteiger partial charge < -0.3 is 29.5 Å². The Hall–Kier alpha value is -8.53. The second kappa shape index (κ2) is 27.3. The van der Waals surface area contributed by atoms with Crippen molar-refractivity contribution in [3.8, 4) is 0 Å². The molecule has 1 N–H and O–H groups in total. The van der Waals surface area contributed by atoms with E-state index in [4.69, 9.17) is 9.47 Å². The van der Waals surface area contributed by atoms with Gasteiger partial charge in [-0.1, -0.05) is 152 Å². The van der Waals surface area contributed by atoms with Crippen LogP contribution in [0, 0.1) is 0 Å². The number of rotatable bonds is 13. The number of anilines is 11. The third kappa shape index (κ3) is 14.1. The predicted octanol–water partition coefficient (Wildman–Crippen LogP) is 19.1. The van der Waals surface area contributed by atoms with Crippen LogP contribution >= 0.6 is 15.9 Å². The van der Waals surface area contributed by atoms with Crippen molar-refractivity contribution in [2.75, 3.05) is 33.2 Å². The average Bonchev–Trinajstić information content (AvgIpc) is 4.00. The number of hydrogen-bond acceptors (Lipinski definition) is 7. The Bertz CT molecular complexity index is 3070. The smallest absolute Gasteiger partial charge is 0.184 e. The lowest BCUT2D eigenvalue weighted by Crippen LogP contribution is -2.12. The van der Waals surface area contributed by atoms with Crippen LogP contribution in [-0.4, -0.2) is 19.5 Å². The van der Waals surface area contributed by atoms with E-state index in [0.717, 1.165) is 78.9 Å². The Labute approximate surface area is 445 Å². The van der Waals surface area contributed by atoms with Crippen molar-refractivity contribution in [2.24, 2.45) is 0 Å². The minimum Gasteiger partial charge on any atom is -0.356 e. The zero-order valence-electron chi connectivity index (χ0n) is 39.6. The Kier molecular flexibility index (Phi) is 19.7. The van der Waals surface area contributed by atoms with Crippen molar-refractivity contribution >= 4 is 84.8 Å². The predicted molar refractivity (Wildman–Crippen MR) is 314 cm³/mol. The summed E-state index contributed by atoms with van der Waals surface area (Å²) < 4.78 is 11.8. The number of halogens is 1. The van der Waals surface area contributed by atoms with Crippen LogP contribution in [0.4, 0.5) is 62.6 Å². The van der Waals surface area contributed by atoms with Crippen LogP contribution in [0.2, 0.25) is 0 Å². The Morgan fingerprint density at radius 1 is 0.351 bits per heavy atom. The molecule has 0 amide bonds. The number of nitrogens with zero attached hydrogens (tertiary/aromatic N) is 3. The third-order valence-corrected chi connectivity index (χ3v) is 12.2. The van der Waals surface area contributed by atoms with E-state index in [1.54, 1.807) is 0 Å². The topological polar surface area (TPSA) is 57.3 Å². The number of carbonyl (C=O) groups is 1. The first-order chi connectivity index (χ1) is 35.6. The van der Waals surface area contributed by atoms with Gasteiger partial charge in [-0.3, -0.25) is 4.79 Å². The molecule has 1 saturated heterocycles. The van der Waals surface area contributed by atoms with Gasteiger partial charge >= 0.3 is 0 Å². The largest absolute Gasteiger partial charge is 0.356 e. The third-order valence-electron chi connectivity index (χ3n) is 11.7. The quantitative estimate of drug-likeness (QED) is 0.115. The van der Waals surface area contributed by atoms with E-state index in [1.165, 1.54) is 0 Å². The van der Waals surface area contributed by atoms with Crippen LogP contribution in [0.5, 0.6) is 0 Å². The maximum atomic E-state index is 11.1. The second-order valence-electron chi connectivity index (χ2n) is 16.6. The average molecular weight is 1040 g/mol. The van der Waals surface area contributed by atoms with E-state index in [-0.39, 0.29) is 21.1 Å². The summed E-state index contributed by atoms with van der Waals surface area (Å²) >= 11 is 3.37. The van der Waals surface area contributed by atoms with Crippen molar-refractivity contribution in [3.05, 3.63) is 295 Å². The van der Waals surface area contributed by atoms with E-state index in [1.807, 2.05) is 109 Å². The number of nitrogens with one attached hydrogen (secondary N) is 1. The van der Waals surface area contributed by atoms with Crippen LogP contribution in [0.15, 0.2) is 284 Å². The van der Waals surface area contributed by atoms with Gasteiger partial charge in [0.1, 0.15) is 6.29 Å². The summed E-state index contributed by atoms with van der Waals surface area (Å²) in [5.41, 5.74) is 13.7. The highest BCUT2D eigenvalue weighted by atomic mass is 79.9. The van der Waals surface area contributed by atoms with E-state index < -0.39 is 0 Å². The standard InChI is InChI=1S/C31H24N2O.C24H20N2.C9H9BrO2.2CH4/c34-24-25-16-18-29(19-17-25)33(28-14-8-3-9-15-28)31-22-20-30(21-23-31)32(26-10-4-1-5-11-26)27-12-6-2-7-13-27;1-4-10-20(11-5-1)25-21-16-18-24(19-17-21)26(22-12-6-2-7-13-22)23-14-8-3-9-15-23;10-8-3-1-7(2-4-8)9-11-5-6-12-9;;/h1-24H;1-19,25H;1-4,9H,5-6H2;2*1H4. The molecule has 0 aliphatic carbocycles. The molecule has 1 heterocycles. The lowest BCUT2D eigenvalue weighted by molar-refractivity contribution is -0.0441. The van der Waals surface area contributed by atoms with Gasteiger partial charge in [-0.2, -0.15) is 0 Å². The molecule has 0 bridgehead atoms. The molecule has 10 aromatic carbocycles. The molecule has 74 heavy (non-hydrogen) atoms. The summed E-state index contributed by atoms with van der Waals surface area (Å²) in [5.74, 6) is 0. The molecule has 0 atom stereocenters. The number of ether oxygens (including phenoxy) is 2. The van der Waals surface area contributed by atoms with Gasteiger partial charge in [-0.25, -0.2) is 0 Å². The van der Waals surface area contributed by atoms with Crippen molar-refractivity contribution < 1.29 is 14.3 Å². The molecule has 0 spiro atoms. The van der Waals surface area contributed by atoms with E-state index in [0.29, 0.717) is 18.8 Å². The molecule has 1 aliphatic rings. The SMILES string of the molecule is Brc1ccc(C2OCCO2)cc1.C.C.O=Cc1ccc(N(c2ccccc2)c2ccc(N(c3ccccc3)c3ccccc3)cc2)cc1.c1ccc(Nc2ccc(N(c3ccccc3)c3ccccc3)cc2)cc1. The minimum atomic E-state index is -0.155. The van der Waals surface area contributed by atoms with Crippen molar-refractivity contribution in [2.45, 2.75) is 21.1 Å². The molecule has 7 nitrogen and oxygen atoms in total.